The molecule has 104 valence electrons. The van der Waals surface area contributed by atoms with Crippen molar-refractivity contribution in [2.24, 2.45) is 5.73 Å². The Bertz CT molecular complexity index is 447. The van der Waals surface area contributed by atoms with Crippen molar-refractivity contribution >= 4 is 11.7 Å². The zero-order valence-corrected chi connectivity index (χ0v) is 11.9. The number of hydrogen-bond donors (Lipinski definition) is 2. The summed E-state index contributed by atoms with van der Waals surface area (Å²) < 4.78 is 0. The summed E-state index contributed by atoms with van der Waals surface area (Å²) >= 11 is 0. The van der Waals surface area contributed by atoms with E-state index in [1.165, 1.54) is 38.5 Å². The van der Waals surface area contributed by atoms with Gasteiger partial charge < -0.3 is 10.6 Å². The summed E-state index contributed by atoms with van der Waals surface area (Å²) in [6.07, 6.45) is 9.49. The van der Waals surface area contributed by atoms with E-state index in [-0.39, 0.29) is 5.84 Å². The van der Waals surface area contributed by atoms with Crippen LogP contribution in [0.5, 0.6) is 0 Å². The van der Waals surface area contributed by atoms with Crippen LogP contribution in [0.2, 0.25) is 0 Å². The van der Waals surface area contributed by atoms with Gasteiger partial charge in [-0.25, -0.2) is 4.98 Å². The van der Waals surface area contributed by atoms with Crippen LogP contribution in [-0.4, -0.2) is 23.9 Å². The van der Waals surface area contributed by atoms with Gasteiger partial charge in [0.15, 0.2) is 0 Å². The van der Waals surface area contributed by atoms with E-state index < -0.39 is 0 Å². The second-order valence-electron chi connectivity index (χ2n) is 5.50. The van der Waals surface area contributed by atoms with Crippen molar-refractivity contribution in [2.75, 3.05) is 11.9 Å². The van der Waals surface area contributed by atoms with E-state index in [1.54, 1.807) is 0 Å². The van der Waals surface area contributed by atoms with Crippen LogP contribution in [0.3, 0.4) is 0 Å². The lowest BCUT2D eigenvalue weighted by Crippen LogP contribution is -2.34. The predicted octanol–water partition coefficient (Wildman–Crippen LogP) is 2.83. The molecule has 1 aromatic rings. The first kappa shape index (κ1) is 13.8. The fourth-order valence-corrected chi connectivity index (χ4v) is 2.96. The number of anilines is 1. The Balaban J connectivity index is 2.29. The van der Waals surface area contributed by atoms with E-state index >= 15 is 0 Å². The maximum absolute atomic E-state index is 7.78. The van der Waals surface area contributed by atoms with Crippen LogP contribution < -0.4 is 10.6 Å². The van der Waals surface area contributed by atoms with Gasteiger partial charge in [0.05, 0.1) is 5.56 Å². The number of nitrogens with zero attached hydrogens (tertiary/aromatic N) is 2. The van der Waals surface area contributed by atoms with Gasteiger partial charge in [0.1, 0.15) is 11.7 Å². The van der Waals surface area contributed by atoms with Gasteiger partial charge in [-0.1, -0.05) is 25.7 Å². The van der Waals surface area contributed by atoms with Crippen LogP contribution in [0, 0.1) is 12.3 Å². The first-order valence-electron chi connectivity index (χ1n) is 7.14. The fraction of sp³-hybridized carbons (Fsp3) is 0.600. The molecule has 0 spiro atoms. The molecule has 0 bridgehead atoms. The van der Waals surface area contributed by atoms with Gasteiger partial charge in [0, 0.05) is 19.3 Å². The molecule has 0 unspecified atom stereocenters. The lowest BCUT2D eigenvalue weighted by molar-refractivity contribution is 0.549. The first-order valence-corrected chi connectivity index (χ1v) is 7.14. The number of rotatable bonds is 3. The Labute approximate surface area is 115 Å². The molecule has 19 heavy (non-hydrogen) atoms. The lowest BCUT2D eigenvalue weighted by Gasteiger charge is -2.30. The van der Waals surface area contributed by atoms with Crippen molar-refractivity contribution in [3.05, 3.63) is 23.4 Å². The first-order chi connectivity index (χ1) is 9.11. The van der Waals surface area contributed by atoms with Crippen molar-refractivity contribution < 1.29 is 0 Å². The van der Waals surface area contributed by atoms with Gasteiger partial charge >= 0.3 is 0 Å². The number of amidine groups is 1. The van der Waals surface area contributed by atoms with Crippen LogP contribution >= 0.6 is 0 Å². The van der Waals surface area contributed by atoms with Crippen molar-refractivity contribution in [1.29, 1.82) is 5.41 Å². The lowest BCUT2D eigenvalue weighted by atomic mass is 10.0. The maximum atomic E-state index is 7.78. The van der Waals surface area contributed by atoms with Crippen LogP contribution in [0.1, 0.15) is 49.7 Å². The molecule has 0 atom stereocenters. The van der Waals surface area contributed by atoms with Gasteiger partial charge in [-0.05, 0) is 31.4 Å². The molecule has 1 aromatic heterocycles. The highest BCUT2D eigenvalue weighted by molar-refractivity contribution is 6.01. The summed E-state index contributed by atoms with van der Waals surface area (Å²) in [7, 11) is 2.09. The topological polar surface area (TPSA) is 66.0 Å². The summed E-state index contributed by atoms with van der Waals surface area (Å²) in [6.45, 7) is 1.99. The van der Waals surface area contributed by atoms with E-state index in [0.29, 0.717) is 6.04 Å². The van der Waals surface area contributed by atoms with E-state index in [2.05, 4.69) is 16.9 Å². The Kier molecular flexibility index (Phi) is 4.40. The van der Waals surface area contributed by atoms with Gasteiger partial charge in [-0.2, -0.15) is 0 Å². The summed E-state index contributed by atoms with van der Waals surface area (Å²) in [4.78, 5) is 6.70. The molecule has 1 aliphatic rings. The third-order valence-electron chi connectivity index (χ3n) is 4.12. The van der Waals surface area contributed by atoms with E-state index in [1.807, 2.05) is 19.2 Å². The second kappa shape index (κ2) is 6.04. The van der Waals surface area contributed by atoms with Crippen molar-refractivity contribution in [1.82, 2.24) is 4.98 Å². The molecular weight excluding hydrogens is 236 g/mol. The van der Waals surface area contributed by atoms with Crippen molar-refractivity contribution in [3.8, 4) is 0 Å². The fourth-order valence-electron chi connectivity index (χ4n) is 2.96. The number of hydrogen-bond acceptors (Lipinski definition) is 3. The van der Waals surface area contributed by atoms with Crippen molar-refractivity contribution in [2.45, 2.75) is 51.5 Å². The third-order valence-corrected chi connectivity index (χ3v) is 4.12. The molecule has 1 aliphatic carbocycles. The zero-order chi connectivity index (χ0) is 13.8. The standard InChI is InChI=1S/C15H24N4/c1-11-9-10-18-15(13(11)14(16)17)19(2)12-7-5-3-4-6-8-12/h9-10,12H,3-8H2,1-2H3,(H3,16,17). The summed E-state index contributed by atoms with van der Waals surface area (Å²) in [6, 6.07) is 2.44. The summed E-state index contributed by atoms with van der Waals surface area (Å²) in [5.41, 5.74) is 7.54. The molecule has 0 saturated heterocycles. The number of nitrogen functional groups attached to an aromatic ring is 1. The molecular formula is C15H24N4. The number of nitrogens with one attached hydrogen (secondary N) is 1. The van der Waals surface area contributed by atoms with Gasteiger partial charge in [0.2, 0.25) is 0 Å². The summed E-state index contributed by atoms with van der Waals surface area (Å²) in [5, 5.41) is 7.78. The largest absolute Gasteiger partial charge is 0.384 e. The highest BCUT2D eigenvalue weighted by atomic mass is 15.2. The average Bonchev–Trinajstić information content (AvgIpc) is 2.66. The molecule has 4 nitrogen and oxygen atoms in total. The smallest absolute Gasteiger partial charge is 0.139 e. The highest BCUT2D eigenvalue weighted by Gasteiger charge is 2.21. The van der Waals surface area contributed by atoms with Gasteiger partial charge in [0.25, 0.3) is 0 Å². The molecule has 4 heteroatoms. The molecule has 0 aliphatic heterocycles. The zero-order valence-electron chi connectivity index (χ0n) is 11.9. The molecule has 0 radical (unpaired) electrons. The Morgan fingerprint density at radius 1 is 1.32 bits per heavy atom. The number of aryl methyl sites for hydroxylation is 1. The predicted molar refractivity (Wildman–Crippen MR) is 79.9 cm³/mol. The monoisotopic (exact) mass is 260 g/mol. The maximum Gasteiger partial charge on any atom is 0.139 e. The minimum atomic E-state index is 0.112. The second-order valence-corrected chi connectivity index (χ2v) is 5.50. The Morgan fingerprint density at radius 2 is 1.95 bits per heavy atom. The number of pyridine rings is 1. The molecule has 2 rings (SSSR count). The normalized spacial score (nSPS) is 16.9. The molecule has 0 amide bonds. The van der Waals surface area contributed by atoms with E-state index in [0.717, 1.165) is 16.9 Å². The third kappa shape index (κ3) is 3.06. The van der Waals surface area contributed by atoms with Crippen LogP contribution in [-0.2, 0) is 0 Å². The molecule has 1 saturated carbocycles. The van der Waals surface area contributed by atoms with E-state index in [9.17, 15) is 0 Å². The van der Waals surface area contributed by atoms with Crippen LogP contribution in [0.15, 0.2) is 12.3 Å². The minimum absolute atomic E-state index is 0.112. The Morgan fingerprint density at radius 3 is 2.53 bits per heavy atom. The quantitative estimate of drug-likeness (QED) is 0.499. The highest BCUT2D eigenvalue weighted by Crippen LogP contribution is 2.27. The van der Waals surface area contributed by atoms with E-state index in [4.69, 9.17) is 11.1 Å². The summed E-state index contributed by atoms with van der Waals surface area (Å²) in [5.74, 6) is 0.973. The van der Waals surface area contributed by atoms with Gasteiger partial charge in [-0.15, -0.1) is 0 Å². The molecule has 1 heterocycles. The van der Waals surface area contributed by atoms with Crippen LogP contribution in [0.4, 0.5) is 5.82 Å². The van der Waals surface area contributed by atoms with Gasteiger partial charge in [-0.3, -0.25) is 5.41 Å². The number of nitrogens with two attached hydrogens (primary N) is 1. The average molecular weight is 260 g/mol. The van der Waals surface area contributed by atoms with Crippen LogP contribution in [0.25, 0.3) is 0 Å². The van der Waals surface area contributed by atoms with Crippen molar-refractivity contribution in [3.63, 3.8) is 0 Å². The number of aromatic nitrogens is 1. The molecule has 1 fully saturated rings. The molecule has 0 aromatic carbocycles. The molecule has 3 N–H and O–H groups in total. The minimum Gasteiger partial charge on any atom is -0.384 e. The SMILES string of the molecule is Cc1ccnc(N(C)C2CCCCCC2)c1C(=N)N. The Hall–Kier alpha value is -1.58.